The van der Waals surface area contributed by atoms with Gasteiger partial charge in [-0.1, -0.05) is 30.3 Å². The van der Waals surface area contributed by atoms with Crippen LogP contribution in [0.3, 0.4) is 0 Å². The van der Waals surface area contributed by atoms with Crippen LogP contribution in [0.15, 0.2) is 30.3 Å². The predicted octanol–water partition coefficient (Wildman–Crippen LogP) is 1.03. The minimum absolute atomic E-state index is 0.195. The van der Waals surface area contributed by atoms with Crippen molar-refractivity contribution in [1.29, 1.82) is 0 Å². The monoisotopic (exact) mass is 218 g/mol. The molecule has 2 fully saturated rings. The summed E-state index contributed by atoms with van der Waals surface area (Å²) in [6, 6.07) is 9.30. The molecule has 0 amide bonds. The number of aliphatic carboxylic acids is 1. The Labute approximate surface area is 91.8 Å². The molecule has 1 aliphatic heterocycles. The first kappa shape index (κ1) is 9.39. The molecule has 16 heavy (non-hydrogen) atoms. The second-order valence-electron chi connectivity index (χ2n) is 4.27. The van der Waals surface area contributed by atoms with Gasteiger partial charge in [0.25, 0.3) is 0 Å². The average Bonchev–Trinajstić information content (AvgIpc) is 2.86. The maximum atomic E-state index is 11.6. The van der Waals surface area contributed by atoms with Crippen molar-refractivity contribution in [2.24, 2.45) is 11.3 Å². The van der Waals surface area contributed by atoms with Crippen LogP contribution in [0.1, 0.15) is 11.5 Å². The van der Waals surface area contributed by atoms with Gasteiger partial charge in [-0.15, -0.1) is 0 Å². The molecule has 82 valence electrons. The molecule has 1 aliphatic carbocycles. The summed E-state index contributed by atoms with van der Waals surface area (Å²) in [4.78, 5) is 22.8. The predicted molar refractivity (Wildman–Crippen MR) is 53.7 cm³/mol. The maximum Gasteiger partial charge on any atom is 0.324 e. The van der Waals surface area contributed by atoms with Gasteiger partial charge in [0.2, 0.25) is 0 Å². The first-order valence-corrected chi connectivity index (χ1v) is 5.14. The number of hydrogen-bond acceptors (Lipinski definition) is 3. The van der Waals surface area contributed by atoms with Crippen LogP contribution in [-0.2, 0) is 14.3 Å². The second kappa shape index (κ2) is 2.84. The van der Waals surface area contributed by atoms with E-state index in [9.17, 15) is 14.7 Å². The van der Waals surface area contributed by atoms with Crippen LogP contribution in [0.2, 0.25) is 0 Å². The zero-order valence-corrected chi connectivity index (χ0v) is 8.42. The Balaban J connectivity index is 2.03. The smallest absolute Gasteiger partial charge is 0.324 e. The number of carboxylic acid groups (broad SMARTS) is 1. The number of hydrogen-bond donors (Lipinski definition) is 1. The highest BCUT2D eigenvalue weighted by Crippen LogP contribution is 2.68. The van der Waals surface area contributed by atoms with Crippen LogP contribution in [0.4, 0.5) is 0 Å². The van der Waals surface area contributed by atoms with E-state index in [1.165, 1.54) is 0 Å². The highest BCUT2D eigenvalue weighted by Gasteiger charge is 2.79. The molecule has 2 aliphatic rings. The lowest BCUT2D eigenvalue weighted by Crippen LogP contribution is -2.26. The molecule has 0 bridgehead atoms. The molecule has 3 atom stereocenters. The Morgan fingerprint density at radius 3 is 2.62 bits per heavy atom. The van der Waals surface area contributed by atoms with Gasteiger partial charge in [0, 0.05) is 11.8 Å². The Morgan fingerprint density at radius 1 is 1.38 bits per heavy atom. The molecule has 4 nitrogen and oxygen atoms in total. The molecule has 3 rings (SSSR count). The summed E-state index contributed by atoms with van der Waals surface area (Å²) in [5, 5.41) is 9.22. The summed E-state index contributed by atoms with van der Waals surface area (Å²) < 4.78 is 4.81. The molecule has 0 radical (unpaired) electrons. The SMILES string of the molecule is O=C(O)[C@]12C(=O)OC[C@@H]1[C@@H]2c1ccccc1. The van der Waals surface area contributed by atoms with E-state index < -0.39 is 17.4 Å². The number of rotatable bonds is 2. The number of fused-ring (bicyclic) bond motifs is 1. The number of cyclic esters (lactones) is 1. The summed E-state index contributed by atoms with van der Waals surface area (Å²) >= 11 is 0. The second-order valence-corrected chi connectivity index (χ2v) is 4.27. The quantitative estimate of drug-likeness (QED) is 0.594. The number of esters is 1. The summed E-state index contributed by atoms with van der Waals surface area (Å²) in [5.74, 6) is -2.06. The number of carbonyl (C=O) groups is 2. The van der Waals surface area contributed by atoms with Crippen LogP contribution in [0.25, 0.3) is 0 Å². The van der Waals surface area contributed by atoms with Crippen LogP contribution >= 0.6 is 0 Å². The summed E-state index contributed by atoms with van der Waals surface area (Å²) in [6.07, 6.45) is 0. The van der Waals surface area contributed by atoms with Crippen molar-refractivity contribution in [2.45, 2.75) is 5.92 Å². The molecule has 1 aromatic carbocycles. The molecule has 1 aromatic rings. The Morgan fingerprint density at radius 2 is 2.06 bits per heavy atom. The van der Waals surface area contributed by atoms with Crippen molar-refractivity contribution >= 4 is 11.9 Å². The Hall–Kier alpha value is -1.84. The van der Waals surface area contributed by atoms with E-state index >= 15 is 0 Å². The van der Waals surface area contributed by atoms with Crippen molar-refractivity contribution < 1.29 is 19.4 Å². The van der Waals surface area contributed by atoms with Crippen LogP contribution in [0.5, 0.6) is 0 Å². The van der Waals surface area contributed by atoms with Crippen molar-refractivity contribution in [3.63, 3.8) is 0 Å². The number of carboxylic acids is 1. The van der Waals surface area contributed by atoms with E-state index in [0.29, 0.717) is 0 Å². The molecular weight excluding hydrogens is 208 g/mol. The molecule has 1 N–H and O–H groups in total. The molecular formula is C12H10O4. The van der Waals surface area contributed by atoms with E-state index in [1.807, 2.05) is 30.3 Å². The zero-order chi connectivity index (χ0) is 11.3. The highest BCUT2D eigenvalue weighted by molar-refractivity contribution is 6.06. The number of carbonyl (C=O) groups excluding carboxylic acids is 1. The van der Waals surface area contributed by atoms with Gasteiger partial charge in [0.05, 0.1) is 6.61 Å². The fraction of sp³-hybridized carbons (Fsp3) is 0.333. The molecule has 1 saturated carbocycles. The van der Waals surface area contributed by atoms with Gasteiger partial charge in [-0.05, 0) is 5.56 Å². The highest BCUT2D eigenvalue weighted by atomic mass is 16.5. The lowest BCUT2D eigenvalue weighted by molar-refractivity contribution is -0.156. The van der Waals surface area contributed by atoms with Crippen molar-refractivity contribution in [1.82, 2.24) is 0 Å². The molecule has 0 unspecified atom stereocenters. The third-order valence-corrected chi connectivity index (χ3v) is 3.61. The summed E-state index contributed by atoms with van der Waals surface area (Å²) in [6.45, 7) is 0.227. The van der Waals surface area contributed by atoms with E-state index in [1.54, 1.807) is 0 Å². The van der Waals surface area contributed by atoms with E-state index in [-0.39, 0.29) is 18.4 Å². The molecule has 1 heterocycles. The van der Waals surface area contributed by atoms with E-state index in [4.69, 9.17) is 4.74 Å². The topological polar surface area (TPSA) is 63.6 Å². The van der Waals surface area contributed by atoms with Gasteiger partial charge in [-0.25, -0.2) is 0 Å². The number of ether oxygens (including phenoxy) is 1. The minimum Gasteiger partial charge on any atom is -0.480 e. The first-order chi connectivity index (χ1) is 7.69. The van der Waals surface area contributed by atoms with Crippen LogP contribution in [-0.4, -0.2) is 23.7 Å². The largest absolute Gasteiger partial charge is 0.480 e. The standard InChI is InChI=1S/C12H10O4/c13-10(14)12-8(6-16-11(12)15)9(12)7-4-2-1-3-5-7/h1-5,8-9H,6H2,(H,13,14)/t8-,9+,12+/m1/s1. The van der Waals surface area contributed by atoms with Gasteiger partial charge in [-0.3, -0.25) is 9.59 Å². The normalized spacial score (nSPS) is 35.4. The minimum atomic E-state index is -1.30. The van der Waals surface area contributed by atoms with Gasteiger partial charge in [0.15, 0.2) is 5.41 Å². The number of benzene rings is 1. The van der Waals surface area contributed by atoms with Crippen LogP contribution < -0.4 is 0 Å². The van der Waals surface area contributed by atoms with Gasteiger partial charge < -0.3 is 9.84 Å². The fourth-order valence-electron chi connectivity index (χ4n) is 2.79. The maximum absolute atomic E-state index is 11.6. The fourth-order valence-corrected chi connectivity index (χ4v) is 2.79. The third kappa shape index (κ3) is 0.894. The molecule has 1 saturated heterocycles. The van der Waals surface area contributed by atoms with Gasteiger partial charge in [0.1, 0.15) is 0 Å². The lowest BCUT2D eigenvalue weighted by Gasteiger charge is -2.08. The van der Waals surface area contributed by atoms with Crippen molar-refractivity contribution in [3.8, 4) is 0 Å². The van der Waals surface area contributed by atoms with Crippen molar-refractivity contribution in [3.05, 3.63) is 35.9 Å². The van der Waals surface area contributed by atoms with Crippen molar-refractivity contribution in [2.75, 3.05) is 6.61 Å². The lowest BCUT2D eigenvalue weighted by atomic mass is 9.99. The third-order valence-electron chi connectivity index (χ3n) is 3.61. The van der Waals surface area contributed by atoms with E-state index in [0.717, 1.165) is 5.56 Å². The van der Waals surface area contributed by atoms with E-state index in [2.05, 4.69) is 0 Å². The zero-order valence-electron chi connectivity index (χ0n) is 8.42. The van der Waals surface area contributed by atoms with Gasteiger partial charge in [-0.2, -0.15) is 0 Å². The van der Waals surface area contributed by atoms with Crippen LogP contribution in [0, 0.1) is 11.3 Å². The average molecular weight is 218 g/mol. The molecule has 0 aromatic heterocycles. The first-order valence-electron chi connectivity index (χ1n) is 5.14. The Bertz CT molecular complexity index is 467. The summed E-state index contributed by atoms with van der Waals surface area (Å²) in [5.41, 5.74) is -0.395. The molecule has 0 spiro atoms. The van der Waals surface area contributed by atoms with Gasteiger partial charge >= 0.3 is 11.9 Å². The Kier molecular flexibility index (Phi) is 1.67. The summed E-state index contributed by atoms with van der Waals surface area (Å²) in [7, 11) is 0. The molecule has 4 heteroatoms.